The van der Waals surface area contributed by atoms with Crippen molar-refractivity contribution in [2.24, 2.45) is 0 Å². The van der Waals surface area contributed by atoms with E-state index in [1.54, 1.807) is 12.1 Å². The molecule has 1 fully saturated rings. The Kier molecular flexibility index (Phi) is 6.85. The van der Waals surface area contributed by atoms with Crippen LogP contribution in [0.5, 0.6) is 5.75 Å². The molecule has 1 N–H and O–H groups in total. The maximum Gasteiger partial charge on any atom is 0.255 e. The van der Waals surface area contributed by atoms with Crippen molar-refractivity contribution in [3.05, 3.63) is 90.0 Å². The largest absolute Gasteiger partial charge is 0.494 e. The van der Waals surface area contributed by atoms with E-state index in [1.165, 1.54) is 11.3 Å². The normalized spacial score (nSPS) is 14.3. The number of piperazine rings is 1. The summed E-state index contributed by atoms with van der Waals surface area (Å²) in [7, 11) is 0. The summed E-state index contributed by atoms with van der Waals surface area (Å²) in [6, 6.07) is 26.0. The highest BCUT2D eigenvalue weighted by molar-refractivity contribution is 6.04. The molecule has 0 aliphatic carbocycles. The zero-order chi connectivity index (χ0) is 21.5. The molecular formula is C26H29N3O2. The number of hydrogen-bond acceptors (Lipinski definition) is 4. The Balaban J connectivity index is 1.30. The Morgan fingerprint density at radius 3 is 2.35 bits per heavy atom. The van der Waals surface area contributed by atoms with E-state index in [0.717, 1.165) is 38.4 Å². The van der Waals surface area contributed by atoms with E-state index >= 15 is 0 Å². The van der Waals surface area contributed by atoms with E-state index in [-0.39, 0.29) is 5.91 Å². The van der Waals surface area contributed by atoms with Crippen molar-refractivity contribution >= 4 is 17.3 Å². The molecule has 1 aliphatic rings. The van der Waals surface area contributed by atoms with Gasteiger partial charge < -0.3 is 15.0 Å². The number of rotatable bonds is 7. The summed E-state index contributed by atoms with van der Waals surface area (Å²) in [5.74, 6) is 0.570. The number of carbonyl (C=O) groups is 1. The molecule has 31 heavy (non-hydrogen) atoms. The Hall–Kier alpha value is -3.31. The summed E-state index contributed by atoms with van der Waals surface area (Å²) in [5.41, 5.74) is 3.93. The predicted octanol–water partition coefficient (Wildman–Crippen LogP) is 4.66. The van der Waals surface area contributed by atoms with Crippen molar-refractivity contribution in [2.75, 3.05) is 43.0 Å². The Labute approximate surface area is 184 Å². The third-order valence-corrected chi connectivity index (χ3v) is 5.52. The van der Waals surface area contributed by atoms with Gasteiger partial charge in [-0.15, -0.1) is 0 Å². The van der Waals surface area contributed by atoms with Gasteiger partial charge in [-0.25, -0.2) is 0 Å². The summed E-state index contributed by atoms with van der Waals surface area (Å²) < 4.78 is 5.48. The van der Waals surface area contributed by atoms with E-state index in [1.807, 2.05) is 31.2 Å². The van der Waals surface area contributed by atoms with E-state index in [9.17, 15) is 4.79 Å². The highest BCUT2D eigenvalue weighted by Gasteiger charge is 2.17. The lowest BCUT2D eigenvalue weighted by atomic mass is 10.1. The molecule has 5 heteroatoms. The standard InChI is InChI=1S/C26H29N3O2/c1-2-31-25-10-6-9-22(19-25)26(30)27-23-11-13-24(14-12-23)29-17-15-28(16-18-29)20-21-7-4-3-5-8-21/h3-14,19H,2,15-18,20H2,1H3,(H,27,30). The van der Waals surface area contributed by atoms with Gasteiger partial charge in [0.05, 0.1) is 6.61 Å². The van der Waals surface area contributed by atoms with Crippen molar-refractivity contribution in [3.8, 4) is 5.75 Å². The van der Waals surface area contributed by atoms with Gasteiger partial charge in [0.25, 0.3) is 5.91 Å². The molecule has 5 nitrogen and oxygen atoms in total. The van der Waals surface area contributed by atoms with Crippen LogP contribution in [0.3, 0.4) is 0 Å². The fourth-order valence-corrected chi connectivity index (χ4v) is 3.86. The number of amides is 1. The first-order valence-corrected chi connectivity index (χ1v) is 10.9. The first-order chi connectivity index (χ1) is 15.2. The molecule has 0 spiro atoms. The smallest absolute Gasteiger partial charge is 0.255 e. The van der Waals surface area contributed by atoms with E-state index < -0.39 is 0 Å². The van der Waals surface area contributed by atoms with Crippen molar-refractivity contribution < 1.29 is 9.53 Å². The predicted molar refractivity (Wildman–Crippen MR) is 126 cm³/mol. The third kappa shape index (κ3) is 5.64. The van der Waals surface area contributed by atoms with Crippen LogP contribution >= 0.6 is 0 Å². The molecule has 0 atom stereocenters. The van der Waals surface area contributed by atoms with Crippen LogP contribution in [-0.4, -0.2) is 43.6 Å². The van der Waals surface area contributed by atoms with Gasteiger partial charge in [0.2, 0.25) is 0 Å². The number of benzene rings is 3. The van der Waals surface area contributed by atoms with Gasteiger partial charge in [0.15, 0.2) is 0 Å². The van der Waals surface area contributed by atoms with Crippen molar-refractivity contribution in [2.45, 2.75) is 13.5 Å². The summed E-state index contributed by atoms with van der Waals surface area (Å²) >= 11 is 0. The number of carbonyl (C=O) groups excluding carboxylic acids is 1. The lowest BCUT2D eigenvalue weighted by Gasteiger charge is -2.36. The second kappa shape index (κ2) is 10.1. The molecule has 0 bridgehead atoms. The quantitative estimate of drug-likeness (QED) is 0.610. The summed E-state index contributed by atoms with van der Waals surface area (Å²) in [4.78, 5) is 17.5. The first kappa shape index (κ1) is 20.9. The average molecular weight is 416 g/mol. The van der Waals surface area contributed by atoms with Crippen LogP contribution in [0.25, 0.3) is 0 Å². The molecule has 1 aliphatic heterocycles. The molecular weight excluding hydrogens is 386 g/mol. The molecule has 0 aromatic heterocycles. The molecule has 1 heterocycles. The molecule has 3 aromatic carbocycles. The number of nitrogens with one attached hydrogen (secondary N) is 1. The zero-order valence-electron chi connectivity index (χ0n) is 18.0. The minimum Gasteiger partial charge on any atom is -0.494 e. The van der Waals surface area contributed by atoms with Gasteiger partial charge in [-0.3, -0.25) is 9.69 Å². The second-order valence-electron chi connectivity index (χ2n) is 7.71. The monoisotopic (exact) mass is 415 g/mol. The van der Waals surface area contributed by atoms with Gasteiger partial charge >= 0.3 is 0 Å². The molecule has 3 aromatic rings. The van der Waals surface area contributed by atoms with Crippen LogP contribution in [0, 0.1) is 0 Å². The van der Waals surface area contributed by atoms with Crippen LogP contribution in [0.4, 0.5) is 11.4 Å². The highest BCUT2D eigenvalue weighted by atomic mass is 16.5. The molecule has 1 amide bonds. The molecule has 1 saturated heterocycles. The fraction of sp³-hybridized carbons (Fsp3) is 0.269. The maximum absolute atomic E-state index is 12.6. The topological polar surface area (TPSA) is 44.8 Å². The Bertz CT molecular complexity index is 981. The van der Waals surface area contributed by atoms with Crippen LogP contribution in [0.1, 0.15) is 22.8 Å². The number of hydrogen-bond donors (Lipinski definition) is 1. The average Bonchev–Trinajstić information content (AvgIpc) is 2.81. The minimum absolute atomic E-state index is 0.135. The van der Waals surface area contributed by atoms with Gasteiger partial charge in [-0.05, 0) is 55.0 Å². The van der Waals surface area contributed by atoms with Crippen LogP contribution in [0.2, 0.25) is 0 Å². The summed E-state index contributed by atoms with van der Waals surface area (Å²) in [6.45, 7) is 7.60. The Morgan fingerprint density at radius 1 is 0.903 bits per heavy atom. The fourth-order valence-electron chi connectivity index (χ4n) is 3.86. The van der Waals surface area contributed by atoms with Gasteiger partial charge in [0.1, 0.15) is 5.75 Å². The van der Waals surface area contributed by atoms with E-state index in [2.05, 4.69) is 57.6 Å². The number of anilines is 2. The van der Waals surface area contributed by atoms with Crippen LogP contribution in [-0.2, 0) is 6.54 Å². The molecule has 0 unspecified atom stereocenters. The Morgan fingerprint density at radius 2 is 1.65 bits per heavy atom. The SMILES string of the molecule is CCOc1cccc(C(=O)Nc2ccc(N3CCN(Cc4ccccc4)CC3)cc2)c1. The highest BCUT2D eigenvalue weighted by Crippen LogP contribution is 2.21. The van der Waals surface area contributed by atoms with E-state index in [4.69, 9.17) is 4.74 Å². The lowest BCUT2D eigenvalue weighted by molar-refractivity contribution is 0.102. The lowest BCUT2D eigenvalue weighted by Crippen LogP contribution is -2.45. The van der Waals surface area contributed by atoms with Crippen molar-refractivity contribution in [1.29, 1.82) is 0 Å². The zero-order valence-corrected chi connectivity index (χ0v) is 18.0. The van der Waals surface area contributed by atoms with Gasteiger partial charge in [0, 0.05) is 49.7 Å². The van der Waals surface area contributed by atoms with Gasteiger partial charge in [-0.2, -0.15) is 0 Å². The van der Waals surface area contributed by atoms with Gasteiger partial charge in [-0.1, -0.05) is 36.4 Å². The number of ether oxygens (including phenoxy) is 1. The van der Waals surface area contributed by atoms with Crippen LogP contribution in [0.15, 0.2) is 78.9 Å². The minimum atomic E-state index is -0.135. The summed E-state index contributed by atoms with van der Waals surface area (Å²) in [6.07, 6.45) is 0. The summed E-state index contributed by atoms with van der Waals surface area (Å²) in [5, 5.41) is 2.97. The molecule has 4 rings (SSSR count). The number of nitrogens with zero attached hydrogens (tertiary/aromatic N) is 2. The molecule has 160 valence electrons. The van der Waals surface area contributed by atoms with Crippen molar-refractivity contribution in [3.63, 3.8) is 0 Å². The third-order valence-electron chi connectivity index (χ3n) is 5.52. The molecule has 0 saturated carbocycles. The second-order valence-corrected chi connectivity index (χ2v) is 7.71. The maximum atomic E-state index is 12.6. The van der Waals surface area contributed by atoms with Crippen molar-refractivity contribution in [1.82, 2.24) is 4.90 Å². The van der Waals surface area contributed by atoms with Crippen LogP contribution < -0.4 is 15.0 Å². The first-order valence-electron chi connectivity index (χ1n) is 10.9. The molecule has 0 radical (unpaired) electrons. The van der Waals surface area contributed by atoms with E-state index in [0.29, 0.717) is 17.9 Å².